The molecule has 0 spiro atoms. The molecule has 0 saturated heterocycles. The fourth-order valence-electron chi connectivity index (χ4n) is 0. The van der Waals surface area contributed by atoms with Gasteiger partial charge in [0, 0.05) is 16.8 Å². The molecule has 0 rings (SSSR count). The Labute approximate surface area is 40.8 Å². The maximum absolute atomic E-state index is 8.00. The van der Waals surface area contributed by atoms with Gasteiger partial charge in [0.1, 0.15) is 13.6 Å². The van der Waals surface area contributed by atoms with E-state index in [1.807, 2.05) is 13.6 Å². The molecule has 0 aromatic rings. The van der Waals surface area contributed by atoms with Crippen molar-refractivity contribution in [2.45, 2.75) is 0 Å². The van der Waals surface area contributed by atoms with E-state index < -0.39 is 0 Å². The van der Waals surface area contributed by atoms with Crippen LogP contribution < -0.4 is 0 Å². The first kappa shape index (κ1) is 21.0. The van der Waals surface area contributed by atoms with Crippen LogP contribution >= 0.6 is 0 Å². The summed E-state index contributed by atoms with van der Waals surface area (Å²) >= 11 is 0. The zero-order chi connectivity index (χ0) is 4.00. The van der Waals surface area contributed by atoms with E-state index >= 15 is 0 Å². The van der Waals surface area contributed by atoms with Gasteiger partial charge in [-0.1, -0.05) is 0 Å². The Morgan fingerprint density at radius 2 is 0.800 bits per heavy atom. The Kier molecular flexibility index (Phi) is 5560. The minimum atomic E-state index is 0. The van der Waals surface area contributed by atoms with Gasteiger partial charge in [-0.05, 0) is 0 Å². The molecule has 0 bridgehead atoms. The van der Waals surface area contributed by atoms with Gasteiger partial charge in [0.15, 0.2) is 0 Å². The monoisotopic (exact) mass is 119 g/mol. The van der Waals surface area contributed by atoms with Crippen LogP contribution in [-0.4, -0.2) is 13.6 Å². The van der Waals surface area contributed by atoms with Crippen molar-refractivity contribution in [3.63, 3.8) is 0 Å². The Balaban J connectivity index is -0.0000000133. The predicted octanol–water partition coefficient (Wildman–Crippen LogP) is -0.372. The van der Waals surface area contributed by atoms with Crippen LogP contribution in [0, 0.1) is 0 Å². The SMILES string of the molecule is C=O.C=O.[Co]. The summed E-state index contributed by atoms with van der Waals surface area (Å²) in [6.45, 7) is 4.00. The number of carbonyl (C=O) groups is 2. The summed E-state index contributed by atoms with van der Waals surface area (Å²) in [6.07, 6.45) is 0. The van der Waals surface area contributed by atoms with Crippen LogP contribution in [0.3, 0.4) is 0 Å². The van der Waals surface area contributed by atoms with Gasteiger partial charge in [-0.15, -0.1) is 0 Å². The number of rotatable bonds is 0. The first-order chi connectivity index (χ1) is 2.00. The Morgan fingerprint density at radius 3 is 0.800 bits per heavy atom. The molecule has 0 aromatic carbocycles. The molecule has 1 radical (unpaired) electrons. The Hall–Kier alpha value is -0.154. The average molecular weight is 119 g/mol. The minimum Gasteiger partial charge on any atom is -0.307 e. The maximum atomic E-state index is 8.00. The molecule has 0 N–H and O–H groups in total. The van der Waals surface area contributed by atoms with Crippen molar-refractivity contribution in [1.29, 1.82) is 0 Å². The molecule has 0 aliphatic rings. The van der Waals surface area contributed by atoms with Gasteiger partial charge in [-0.25, -0.2) is 0 Å². The van der Waals surface area contributed by atoms with Crippen LogP contribution in [0.25, 0.3) is 0 Å². The molecular weight excluding hydrogens is 115 g/mol. The fraction of sp³-hybridized carbons (Fsp3) is 0. The van der Waals surface area contributed by atoms with Gasteiger partial charge >= 0.3 is 0 Å². The molecule has 3 heteroatoms. The summed E-state index contributed by atoms with van der Waals surface area (Å²) in [7, 11) is 0. The van der Waals surface area contributed by atoms with Crippen LogP contribution in [0.2, 0.25) is 0 Å². The third kappa shape index (κ3) is 557. The topological polar surface area (TPSA) is 34.1 Å². The predicted molar refractivity (Wildman–Crippen MR) is 14.2 cm³/mol. The van der Waals surface area contributed by atoms with E-state index in [0.29, 0.717) is 0 Å². The number of hydrogen-bond donors (Lipinski definition) is 0. The zero-order valence-electron chi connectivity index (χ0n) is 2.56. The van der Waals surface area contributed by atoms with E-state index in [4.69, 9.17) is 9.59 Å². The third-order valence-corrected chi connectivity index (χ3v) is 0. The van der Waals surface area contributed by atoms with Crippen molar-refractivity contribution < 1.29 is 26.4 Å². The van der Waals surface area contributed by atoms with Crippen molar-refractivity contribution >= 4 is 13.6 Å². The van der Waals surface area contributed by atoms with E-state index in [1.54, 1.807) is 0 Å². The van der Waals surface area contributed by atoms with Gasteiger partial charge in [0.25, 0.3) is 0 Å². The van der Waals surface area contributed by atoms with E-state index in [1.165, 1.54) is 0 Å². The fourth-order valence-corrected chi connectivity index (χ4v) is 0. The quantitative estimate of drug-likeness (QED) is 0.435. The number of hydrogen-bond acceptors (Lipinski definition) is 2. The van der Waals surface area contributed by atoms with Crippen LogP contribution in [-0.2, 0) is 26.4 Å². The molecule has 33 valence electrons. The summed E-state index contributed by atoms with van der Waals surface area (Å²) in [4.78, 5) is 16.0. The van der Waals surface area contributed by atoms with E-state index in [0.717, 1.165) is 0 Å². The normalized spacial score (nSPS) is 1.60. The molecule has 0 amide bonds. The molecule has 0 saturated carbocycles. The Bertz CT molecular complexity index is 9.61. The molecule has 0 aliphatic heterocycles. The van der Waals surface area contributed by atoms with Crippen molar-refractivity contribution in [3.8, 4) is 0 Å². The van der Waals surface area contributed by atoms with Gasteiger partial charge < -0.3 is 9.59 Å². The smallest absolute Gasteiger partial charge is 0.106 e. The second kappa shape index (κ2) is 1320. The van der Waals surface area contributed by atoms with Crippen molar-refractivity contribution in [2.24, 2.45) is 0 Å². The number of carbonyl (C=O) groups excluding carboxylic acids is 2. The zero-order valence-corrected chi connectivity index (χ0v) is 3.61. The first-order valence-electron chi connectivity index (χ1n) is 0.577. The molecule has 5 heavy (non-hydrogen) atoms. The maximum Gasteiger partial charge on any atom is 0.106 e. The van der Waals surface area contributed by atoms with E-state index in [9.17, 15) is 0 Å². The molecule has 0 aromatic heterocycles. The molecule has 0 unspecified atom stereocenters. The average Bonchev–Trinajstić information content (AvgIpc) is 1.50. The summed E-state index contributed by atoms with van der Waals surface area (Å²) in [5, 5.41) is 0. The molecule has 2 nitrogen and oxygen atoms in total. The largest absolute Gasteiger partial charge is 0.307 e. The van der Waals surface area contributed by atoms with Gasteiger partial charge in [-0.2, -0.15) is 0 Å². The minimum absolute atomic E-state index is 0. The second-order valence-electron chi connectivity index (χ2n) is 0. The molecule has 0 aliphatic carbocycles. The van der Waals surface area contributed by atoms with E-state index in [-0.39, 0.29) is 16.8 Å². The van der Waals surface area contributed by atoms with Gasteiger partial charge in [0.2, 0.25) is 0 Å². The van der Waals surface area contributed by atoms with Crippen LogP contribution in [0.4, 0.5) is 0 Å². The van der Waals surface area contributed by atoms with Crippen LogP contribution in [0.5, 0.6) is 0 Å². The summed E-state index contributed by atoms with van der Waals surface area (Å²) in [5.74, 6) is 0. The standard InChI is InChI=1S/2CH2O.Co/c2*1-2;/h2*1H2;. The van der Waals surface area contributed by atoms with Crippen molar-refractivity contribution in [3.05, 3.63) is 0 Å². The Morgan fingerprint density at radius 1 is 0.800 bits per heavy atom. The molecule has 0 atom stereocenters. The third-order valence-electron chi connectivity index (χ3n) is 0. The van der Waals surface area contributed by atoms with E-state index in [2.05, 4.69) is 0 Å². The van der Waals surface area contributed by atoms with Crippen LogP contribution in [0.15, 0.2) is 0 Å². The summed E-state index contributed by atoms with van der Waals surface area (Å²) in [6, 6.07) is 0. The molecule has 0 heterocycles. The summed E-state index contributed by atoms with van der Waals surface area (Å²) in [5.41, 5.74) is 0. The van der Waals surface area contributed by atoms with Crippen molar-refractivity contribution in [2.75, 3.05) is 0 Å². The molecular formula is C2H4CoO2. The summed E-state index contributed by atoms with van der Waals surface area (Å²) < 4.78 is 0. The first-order valence-corrected chi connectivity index (χ1v) is 0.577. The van der Waals surface area contributed by atoms with Crippen molar-refractivity contribution in [1.82, 2.24) is 0 Å². The van der Waals surface area contributed by atoms with Crippen LogP contribution in [0.1, 0.15) is 0 Å². The molecule has 0 fully saturated rings. The van der Waals surface area contributed by atoms with Gasteiger partial charge in [0.05, 0.1) is 0 Å². The van der Waals surface area contributed by atoms with Gasteiger partial charge in [-0.3, -0.25) is 0 Å². The second-order valence-corrected chi connectivity index (χ2v) is 0.